The van der Waals surface area contributed by atoms with Crippen LogP contribution in [0.2, 0.25) is 16.6 Å². The molecular weight excluding hydrogens is 136 g/mol. The van der Waals surface area contributed by atoms with Gasteiger partial charge in [-0.25, -0.2) is 0 Å². The predicted octanol–water partition coefficient (Wildman–Crippen LogP) is 3.44. The number of hydrogen-bond donors (Lipinski definition) is 0. The molecule has 0 aromatic heterocycles. The fraction of sp³-hybridized carbons (Fsp3) is 1.00. The average Bonchev–Trinajstić information content (AvgIpc) is 1.84. The van der Waals surface area contributed by atoms with Crippen LogP contribution in [0, 0.1) is 0 Å². The fourth-order valence-electron chi connectivity index (χ4n) is 2.00. The lowest BCUT2D eigenvalue weighted by Gasteiger charge is -2.26. The van der Waals surface area contributed by atoms with Gasteiger partial charge in [-0.2, -0.15) is 0 Å². The predicted molar refractivity (Wildman–Crippen MR) is 52.4 cm³/mol. The Morgan fingerprint density at radius 1 is 0.800 bits per heavy atom. The van der Waals surface area contributed by atoms with Crippen molar-refractivity contribution in [1.29, 1.82) is 1.23 Å². The molecule has 0 aliphatic carbocycles. The van der Waals surface area contributed by atoms with Crippen LogP contribution in [0.3, 0.4) is 0 Å². The van der Waals surface area contributed by atoms with Crippen molar-refractivity contribution < 1.29 is 0 Å². The summed E-state index contributed by atoms with van der Waals surface area (Å²) in [7, 11) is -1.73. The monoisotopic (exact) mass is 159 g/mol. The third-order valence-electron chi connectivity index (χ3n) is 2.00. The van der Waals surface area contributed by atoms with E-state index in [1.54, 1.807) is 0 Å². The molecule has 10 heavy (non-hydrogen) atoms. The van der Waals surface area contributed by atoms with Crippen LogP contribution in [0.25, 0.3) is 0 Å². The summed E-state index contributed by atoms with van der Waals surface area (Å²) in [5.41, 5.74) is 1.76. The first kappa shape index (κ1) is 8.31. The van der Waals surface area contributed by atoms with Gasteiger partial charge in [0.2, 0.25) is 0 Å². The van der Waals surface area contributed by atoms with Gasteiger partial charge in [0.05, 0.1) is 0 Å². The summed E-state index contributed by atoms with van der Waals surface area (Å²) in [6.07, 6.45) is 0. The first-order valence-corrected chi connectivity index (χ1v) is 6.06. The second kappa shape index (κ2) is 4.17. The lowest BCUT2D eigenvalue weighted by atomic mass is 10.5. The standard InChI is InChI=1S/C9H22Si/c1-7(2)10(8(3)4)9(5)6/h7-10H,1-6H3/i10D. The molecule has 0 saturated heterocycles. The van der Waals surface area contributed by atoms with E-state index in [0.29, 0.717) is 16.6 Å². The summed E-state index contributed by atoms with van der Waals surface area (Å²) in [6.45, 7) is 13.2. The Bertz CT molecular complexity index is 97.0. The van der Waals surface area contributed by atoms with E-state index in [2.05, 4.69) is 41.5 Å². The average molecular weight is 159 g/mol. The highest BCUT2D eigenvalue weighted by molar-refractivity contribution is 6.63. The van der Waals surface area contributed by atoms with E-state index in [4.69, 9.17) is 1.23 Å². The van der Waals surface area contributed by atoms with Crippen molar-refractivity contribution in [2.45, 2.75) is 58.2 Å². The molecule has 0 unspecified atom stereocenters. The fourth-order valence-corrected chi connectivity index (χ4v) is 6.00. The molecule has 0 atom stereocenters. The van der Waals surface area contributed by atoms with Gasteiger partial charge < -0.3 is 0 Å². The van der Waals surface area contributed by atoms with E-state index < -0.39 is 8.73 Å². The summed E-state index contributed by atoms with van der Waals surface area (Å²) < 4.78 is 8.42. The molecule has 0 aliphatic heterocycles. The molecular formula is C9H22Si. The molecule has 0 amide bonds. The van der Waals surface area contributed by atoms with Gasteiger partial charge in [0.25, 0.3) is 0 Å². The highest BCUT2D eigenvalue weighted by atomic mass is 28.3. The van der Waals surface area contributed by atoms with Crippen LogP contribution in [0.4, 0.5) is 0 Å². The van der Waals surface area contributed by atoms with Gasteiger partial charge in [-0.05, 0) is 0 Å². The first-order chi connectivity index (χ1) is 4.83. The van der Waals surface area contributed by atoms with E-state index in [1.165, 1.54) is 0 Å². The maximum Gasteiger partial charge on any atom is 0.0445 e. The Morgan fingerprint density at radius 2 is 1.00 bits per heavy atom. The maximum absolute atomic E-state index is 8.42. The summed E-state index contributed by atoms with van der Waals surface area (Å²) in [6, 6.07) is 0. The SMILES string of the molecule is [2H][Si](C(C)C)(C(C)C)C(C)C. The zero-order chi connectivity index (χ0) is 9.23. The van der Waals surface area contributed by atoms with Crippen molar-refractivity contribution in [2.24, 2.45) is 0 Å². The summed E-state index contributed by atoms with van der Waals surface area (Å²) in [5, 5.41) is 0. The molecule has 0 heterocycles. The van der Waals surface area contributed by atoms with Crippen LogP contribution in [0.15, 0.2) is 0 Å². The van der Waals surface area contributed by atoms with Gasteiger partial charge in [0.15, 0.2) is 0 Å². The van der Waals surface area contributed by atoms with Crippen LogP contribution in [-0.2, 0) is 0 Å². The Kier molecular flexibility index (Phi) is 3.47. The Labute approximate surface area is 68.9 Å². The molecule has 0 spiro atoms. The molecule has 62 valence electrons. The molecule has 0 saturated carbocycles. The highest BCUT2D eigenvalue weighted by Gasteiger charge is 2.22. The zero-order valence-electron chi connectivity index (χ0n) is 9.23. The molecule has 0 fully saturated rings. The van der Waals surface area contributed by atoms with Gasteiger partial charge in [0, 0.05) is 9.96 Å². The van der Waals surface area contributed by atoms with Gasteiger partial charge in [0.1, 0.15) is 0 Å². The van der Waals surface area contributed by atoms with Crippen LogP contribution in [-0.4, -0.2) is 9.96 Å². The molecule has 0 aliphatic rings. The van der Waals surface area contributed by atoms with Crippen LogP contribution in [0.1, 0.15) is 41.5 Å². The maximum atomic E-state index is 8.42. The van der Waals surface area contributed by atoms with Crippen molar-refractivity contribution in [2.75, 3.05) is 0 Å². The van der Waals surface area contributed by atoms with E-state index in [-0.39, 0.29) is 0 Å². The van der Waals surface area contributed by atoms with Crippen molar-refractivity contribution in [1.82, 2.24) is 0 Å². The Balaban J connectivity index is 4.53. The molecule has 0 N–H and O–H groups in total. The minimum Gasteiger partial charge on any atom is -0.0654 e. The van der Waals surface area contributed by atoms with Gasteiger partial charge in [-0.3, -0.25) is 0 Å². The van der Waals surface area contributed by atoms with E-state index in [0.717, 1.165) is 0 Å². The quantitative estimate of drug-likeness (QED) is 0.553. The third-order valence-corrected chi connectivity index (χ3v) is 6.00. The van der Waals surface area contributed by atoms with E-state index in [1.807, 2.05) is 0 Å². The van der Waals surface area contributed by atoms with Crippen LogP contribution in [0.5, 0.6) is 0 Å². The molecule has 0 radical (unpaired) electrons. The second-order valence-electron chi connectivity index (χ2n) is 3.96. The van der Waals surface area contributed by atoms with E-state index in [9.17, 15) is 0 Å². The third kappa shape index (κ3) is 2.87. The van der Waals surface area contributed by atoms with Crippen molar-refractivity contribution >= 4 is 8.73 Å². The molecule has 1 heteroatoms. The highest BCUT2D eigenvalue weighted by Crippen LogP contribution is 2.28. The van der Waals surface area contributed by atoms with Crippen molar-refractivity contribution in [3.8, 4) is 0 Å². The molecule has 0 aromatic carbocycles. The largest absolute Gasteiger partial charge is 0.0654 e. The van der Waals surface area contributed by atoms with Crippen LogP contribution >= 0.6 is 0 Å². The van der Waals surface area contributed by atoms with Crippen molar-refractivity contribution in [3.05, 3.63) is 0 Å². The van der Waals surface area contributed by atoms with Gasteiger partial charge >= 0.3 is 0 Å². The lowest BCUT2D eigenvalue weighted by Crippen LogP contribution is -2.24. The summed E-state index contributed by atoms with van der Waals surface area (Å²) in [4.78, 5) is 0. The molecule has 0 nitrogen and oxygen atoms in total. The first-order valence-electron chi connectivity index (χ1n) is 4.83. The smallest absolute Gasteiger partial charge is 0.0445 e. The minimum absolute atomic E-state index is 0.586. The summed E-state index contributed by atoms with van der Waals surface area (Å²) in [5.74, 6) is 0. The lowest BCUT2D eigenvalue weighted by molar-refractivity contribution is 0.863. The number of hydrogen-bond acceptors (Lipinski definition) is 0. The Hall–Kier alpha value is 0.217. The Morgan fingerprint density at radius 3 is 1.00 bits per heavy atom. The second-order valence-corrected chi connectivity index (χ2v) is 8.43. The molecule has 0 rings (SSSR count). The van der Waals surface area contributed by atoms with Crippen molar-refractivity contribution in [3.63, 3.8) is 0 Å². The minimum atomic E-state index is -1.73. The topological polar surface area (TPSA) is 0 Å². The van der Waals surface area contributed by atoms with Gasteiger partial charge in [-0.1, -0.05) is 58.2 Å². The normalized spacial score (nSPS) is 15.1. The summed E-state index contributed by atoms with van der Waals surface area (Å²) >= 11 is 0. The molecule has 0 aromatic rings. The van der Waals surface area contributed by atoms with Gasteiger partial charge in [-0.15, -0.1) is 0 Å². The van der Waals surface area contributed by atoms with E-state index >= 15 is 0 Å². The number of rotatable bonds is 3. The van der Waals surface area contributed by atoms with Crippen LogP contribution < -0.4 is 0 Å². The zero-order valence-corrected chi connectivity index (χ0v) is 9.23. The molecule has 0 bridgehead atoms.